The van der Waals surface area contributed by atoms with Gasteiger partial charge in [-0.1, -0.05) is 27.7 Å². The number of hydrogen-bond acceptors (Lipinski definition) is 16. The first-order chi connectivity index (χ1) is 25.2. The third kappa shape index (κ3) is 9.78. The average molecular weight is 727 g/mol. The summed E-state index contributed by atoms with van der Waals surface area (Å²) in [5.74, 6) is 1.19. The summed E-state index contributed by atoms with van der Waals surface area (Å²) in [5, 5.41) is 0. The summed E-state index contributed by atoms with van der Waals surface area (Å²) in [6.45, 7) is 12.1. The molecule has 0 unspecified atom stereocenters. The second-order valence-electron chi connectivity index (χ2n) is 11.5. The minimum atomic E-state index is 0. The summed E-state index contributed by atoms with van der Waals surface area (Å²) in [4.78, 5) is 48.6. The van der Waals surface area contributed by atoms with Gasteiger partial charge in [0.1, 0.15) is 22.1 Å². The van der Waals surface area contributed by atoms with Gasteiger partial charge in [-0.25, -0.2) is 39.9 Å². The van der Waals surface area contributed by atoms with E-state index in [2.05, 4.69) is 87.5 Å². The molecule has 10 N–H and O–H groups in total. The molecule has 0 atom stereocenters. The van der Waals surface area contributed by atoms with Crippen molar-refractivity contribution in [3.8, 4) is 0 Å². The Morgan fingerprint density at radius 3 is 0.774 bits per heavy atom. The third-order valence-corrected chi connectivity index (χ3v) is 7.37. The lowest BCUT2D eigenvalue weighted by molar-refractivity contribution is 0.691. The van der Waals surface area contributed by atoms with Crippen molar-refractivity contribution in [2.75, 3.05) is 22.9 Å². The van der Waals surface area contributed by atoms with E-state index in [1.165, 1.54) is 0 Å². The highest BCUT2D eigenvalue weighted by Gasteiger charge is 2.06. The lowest BCUT2D eigenvalue weighted by Crippen LogP contribution is -1.99. The molecule has 0 saturated carbocycles. The van der Waals surface area contributed by atoms with Gasteiger partial charge in [-0.05, 0) is 25.7 Å². The molecule has 0 saturated heterocycles. The monoisotopic (exact) mass is 726 g/mol. The van der Waals surface area contributed by atoms with E-state index in [0.29, 0.717) is 23.8 Å². The Hall–Kier alpha value is -6.64. The van der Waals surface area contributed by atoms with Crippen LogP contribution in [0.5, 0.6) is 0 Å². The molecule has 0 aliphatic carbocycles. The number of aryl methyl sites for hydroxylation is 4. The van der Waals surface area contributed by atoms with Gasteiger partial charge in [-0.15, -0.1) is 0 Å². The molecule has 8 rings (SSSR count). The third-order valence-electron chi connectivity index (χ3n) is 7.37. The van der Waals surface area contributed by atoms with E-state index in [0.717, 1.165) is 96.5 Å². The zero-order valence-corrected chi connectivity index (χ0v) is 30.2. The Bertz CT molecular complexity index is 2010. The van der Waals surface area contributed by atoms with Crippen LogP contribution in [0.1, 0.15) is 53.4 Å². The zero-order valence-electron chi connectivity index (χ0n) is 30.2. The number of nitrogens with zero attached hydrogens (tertiary/aromatic N) is 16. The van der Waals surface area contributed by atoms with E-state index in [-0.39, 0.29) is 5.48 Å². The van der Waals surface area contributed by atoms with E-state index in [1.807, 2.05) is 18.3 Å². The van der Waals surface area contributed by atoms with E-state index < -0.39 is 0 Å². The summed E-state index contributed by atoms with van der Waals surface area (Å²) >= 11 is 0. The fourth-order valence-electron chi connectivity index (χ4n) is 5.09. The molecule has 8 heterocycles. The first-order valence-corrected chi connectivity index (χ1v) is 17.0. The molecule has 0 aliphatic rings. The summed E-state index contributed by atoms with van der Waals surface area (Å²) in [7, 11) is 0. The molecule has 8 aromatic heterocycles. The van der Waals surface area contributed by atoms with Gasteiger partial charge in [0.15, 0.2) is 22.6 Å². The van der Waals surface area contributed by atoms with Crippen LogP contribution in [-0.2, 0) is 26.2 Å². The van der Waals surface area contributed by atoms with Crippen molar-refractivity contribution < 1.29 is 5.48 Å². The van der Waals surface area contributed by atoms with Crippen molar-refractivity contribution in [2.24, 2.45) is 0 Å². The largest absolute Gasteiger partial charge is 0.412 e. The second kappa shape index (κ2) is 18.6. The number of aromatic nitrogens is 16. The fraction of sp³-hybridized carbons (Fsp3) is 0.375. The Morgan fingerprint density at radius 2 is 0.585 bits per heavy atom. The van der Waals surface area contributed by atoms with Crippen molar-refractivity contribution in [1.29, 1.82) is 0 Å². The normalized spacial score (nSPS) is 10.6. The number of imidazole rings is 4. The van der Waals surface area contributed by atoms with Gasteiger partial charge < -0.3 is 46.7 Å². The maximum absolute atomic E-state index is 5.48. The number of nitrogens with two attached hydrogens (primary N) is 4. The van der Waals surface area contributed by atoms with Crippen LogP contribution in [0.2, 0.25) is 0 Å². The van der Waals surface area contributed by atoms with E-state index in [4.69, 9.17) is 22.9 Å². The van der Waals surface area contributed by atoms with Crippen molar-refractivity contribution in [2.45, 2.75) is 79.6 Å². The van der Waals surface area contributed by atoms with E-state index >= 15 is 0 Å². The SMILES string of the molecule is CCCn1cnc2cnc(N)nc21.CCCn1cnc2cnc(N)nc21.CCCn1cnc2cnc(N)nc21.CCCn1cnc2cnc(N)nc21.O. The van der Waals surface area contributed by atoms with Crippen LogP contribution >= 0.6 is 0 Å². The summed E-state index contributed by atoms with van der Waals surface area (Å²) in [6.07, 6.45) is 17.8. The maximum Gasteiger partial charge on any atom is 0.222 e. The van der Waals surface area contributed by atoms with Gasteiger partial charge in [0, 0.05) is 26.2 Å². The fourth-order valence-corrected chi connectivity index (χ4v) is 5.09. The second-order valence-corrected chi connectivity index (χ2v) is 11.5. The van der Waals surface area contributed by atoms with Gasteiger partial charge in [0.25, 0.3) is 0 Å². The average Bonchev–Trinajstić information content (AvgIpc) is 3.93. The van der Waals surface area contributed by atoms with Gasteiger partial charge in [0.2, 0.25) is 23.8 Å². The van der Waals surface area contributed by atoms with Crippen LogP contribution in [-0.4, -0.2) is 83.6 Å². The van der Waals surface area contributed by atoms with Crippen molar-refractivity contribution in [3.05, 3.63) is 50.1 Å². The number of fused-ring (bicyclic) bond motifs is 4. The molecule has 280 valence electrons. The minimum absolute atomic E-state index is 0. The highest BCUT2D eigenvalue weighted by atomic mass is 16.0. The van der Waals surface area contributed by atoms with Crippen LogP contribution < -0.4 is 22.9 Å². The highest BCUT2D eigenvalue weighted by Crippen LogP contribution is 2.13. The molecule has 0 radical (unpaired) electrons. The predicted molar refractivity (Wildman–Crippen MR) is 204 cm³/mol. The first kappa shape index (κ1) is 39.2. The molecule has 0 aromatic carbocycles. The van der Waals surface area contributed by atoms with Gasteiger partial charge in [-0.2, -0.15) is 19.9 Å². The highest BCUT2D eigenvalue weighted by molar-refractivity contribution is 5.72. The molecule has 0 spiro atoms. The molecule has 0 aliphatic heterocycles. The maximum atomic E-state index is 5.48. The molecule has 21 heteroatoms. The van der Waals surface area contributed by atoms with Gasteiger partial charge >= 0.3 is 0 Å². The van der Waals surface area contributed by atoms with Crippen molar-refractivity contribution in [1.82, 2.24) is 78.1 Å². The molecule has 53 heavy (non-hydrogen) atoms. The lowest BCUT2D eigenvalue weighted by atomic mass is 10.4. The summed E-state index contributed by atoms with van der Waals surface area (Å²) < 4.78 is 7.92. The Kier molecular flexibility index (Phi) is 13.7. The van der Waals surface area contributed by atoms with Crippen LogP contribution in [0.25, 0.3) is 44.7 Å². The molecule has 0 bridgehead atoms. The summed E-state index contributed by atoms with van der Waals surface area (Å²) in [6, 6.07) is 0. The van der Waals surface area contributed by atoms with Gasteiger partial charge in [-0.3, -0.25) is 0 Å². The standard InChI is InChI=1S/4C8H11N5.H2O/c4*1-2-3-13-5-11-6-4-10-8(9)12-7(6)13;/h4*4-5H,2-3H2,1H3,(H2,9,10,12);1H2. The molecule has 0 amide bonds. The van der Waals surface area contributed by atoms with Crippen LogP contribution in [0.3, 0.4) is 0 Å². The van der Waals surface area contributed by atoms with Crippen LogP contribution in [0.4, 0.5) is 23.8 Å². The van der Waals surface area contributed by atoms with E-state index in [1.54, 1.807) is 50.1 Å². The predicted octanol–water partition coefficient (Wildman–Crippen LogP) is 2.45. The minimum Gasteiger partial charge on any atom is -0.412 e. The molecule has 8 aromatic rings. The Morgan fingerprint density at radius 1 is 0.377 bits per heavy atom. The van der Waals surface area contributed by atoms with Crippen LogP contribution in [0.15, 0.2) is 50.1 Å². The number of hydrogen-bond donors (Lipinski definition) is 4. The quantitative estimate of drug-likeness (QED) is 0.175. The molecular formula is C32H46N20O. The van der Waals surface area contributed by atoms with E-state index in [9.17, 15) is 0 Å². The topological polar surface area (TPSA) is 310 Å². The molecule has 0 fully saturated rings. The van der Waals surface area contributed by atoms with Gasteiger partial charge in [0.05, 0.1) is 50.1 Å². The summed E-state index contributed by atoms with van der Waals surface area (Å²) in [5.41, 5.74) is 28.4. The molecule has 21 nitrogen and oxygen atoms in total. The number of anilines is 4. The number of rotatable bonds is 8. The Labute approximate surface area is 304 Å². The van der Waals surface area contributed by atoms with Crippen molar-refractivity contribution >= 4 is 68.4 Å². The molecular weight excluding hydrogens is 680 g/mol. The first-order valence-electron chi connectivity index (χ1n) is 17.0. The smallest absolute Gasteiger partial charge is 0.222 e. The zero-order chi connectivity index (χ0) is 37.0. The Balaban J connectivity index is 0.000000157. The van der Waals surface area contributed by atoms with Crippen molar-refractivity contribution in [3.63, 3.8) is 0 Å². The lowest BCUT2D eigenvalue weighted by Gasteiger charge is -1.99. The number of nitrogen functional groups attached to an aromatic ring is 4. The van der Waals surface area contributed by atoms with Crippen LogP contribution in [0, 0.1) is 0 Å².